The van der Waals surface area contributed by atoms with Crippen LogP contribution < -0.4 is 10.5 Å². The highest BCUT2D eigenvalue weighted by molar-refractivity contribution is 5.85. The molecule has 0 aliphatic carbocycles. The number of hydrogen-bond acceptors (Lipinski definition) is 3. The molecule has 0 radical (unpaired) electrons. The lowest BCUT2D eigenvalue weighted by atomic mass is 9.80. The third-order valence-electron chi connectivity index (χ3n) is 4.36. The van der Waals surface area contributed by atoms with Crippen molar-refractivity contribution in [3.05, 3.63) is 29.3 Å². The van der Waals surface area contributed by atoms with E-state index in [0.717, 1.165) is 29.8 Å². The maximum atomic E-state index is 12.3. The van der Waals surface area contributed by atoms with Gasteiger partial charge in [0, 0.05) is 19.1 Å². The Labute approximate surface area is 139 Å². The van der Waals surface area contributed by atoms with Gasteiger partial charge in [0.05, 0.1) is 0 Å². The molecule has 22 heavy (non-hydrogen) atoms. The molecule has 1 aliphatic rings. The second-order valence-corrected chi connectivity index (χ2v) is 6.76. The molecular weight excluding hydrogens is 300 g/mol. The molecular formula is C17H27ClN2O2. The van der Waals surface area contributed by atoms with Crippen LogP contribution in [0.3, 0.4) is 0 Å². The van der Waals surface area contributed by atoms with Crippen molar-refractivity contribution in [2.24, 2.45) is 11.1 Å². The van der Waals surface area contributed by atoms with Gasteiger partial charge in [0.15, 0.2) is 6.61 Å². The van der Waals surface area contributed by atoms with E-state index in [1.165, 1.54) is 0 Å². The van der Waals surface area contributed by atoms with Crippen LogP contribution in [0.1, 0.15) is 31.4 Å². The van der Waals surface area contributed by atoms with Crippen LogP contribution in [0.5, 0.6) is 5.75 Å². The second kappa shape index (κ2) is 7.34. The van der Waals surface area contributed by atoms with E-state index < -0.39 is 0 Å². The highest BCUT2D eigenvalue weighted by atomic mass is 35.5. The predicted molar refractivity (Wildman–Crippen MR) is 91.6 cm³/mol. The van der Waals surface area contributed by atoms with E-state index in [9.17, 15) is 4.79 Å². The number of benzene rings is 1. The van der Waals surface area contributed by atoms with Gasteiger partial charge in [-0.15, -0.1) is 12.4 Å². The fourth-order valence-electron chi connectivity index (χ4n) is 2.68. The summed E-state index contributed by atoms with van der Waals surface area (Å²) in [6.45, 7) is 9.74. The summed E-state index contributed by atoms with van der Waals surface area (Å²) < 4.78 is 5.71. The molecule has 1 saturated heterocycles. The number of ether oxygens (including phenoxy) is 1. The van der Waals surface area contributed by atoms with Gasteiger partial charge in [0.1, 0.15) is 5.75 Å². The highest BCUT2D eigenvalue weighted by Gasteiger charge is 2.35. The number of aryl methyl sites for hydroxylation is 2. The fraction of sp³-hybridized carbons (Fsp3) is 0.588. The Hall–Kier alpha value is -1.26. The van der Waals surface area contributed by atoms with Gasteiger partial charge in [-0.2, -0.15) is 0 Å². The molecule has 1 atom stereocenters. The van der Waals surface area contributed by atoms with E-state index >= 15 is 0 Å². The number of rotatable bonds is 3. The topological polar surface area (TPSA) is 55.6 Å². The van der Waals surface area contributed by atoms with Crippen molar-refractivity contribution < 1.29 is 9.53 Å². The van der Waals surface area contributed by atoms with Crippen LogP contribution >= 0.6 is 12.4 Å². The number of carbonyl (C=O) groups excluding carboxylic acids is 1. The van der Waals surface area contributed by atoms with Crippen molar-refractivity contribution in [1.29, 1.82) is 0 Å². The monoisotopic (exact) mass is 326 g/mol. The number of halogens is 1. The average molecular weight is 327 g/mol. The van der Waals surface area contributed by atoms with E-state index in [1.54, 1.807) is 0 Å². The maximum absolute atomic E-state index is 12.3. The lowest BCUT2D eigenvalue weighted by Crippen LogP contribution is -2.54. The quantitative estimate of drug-likeness (QED) is 0.929. The molecule has 1 unspecified atom stereocenters. The van der Waals surface area contributed by atoms with Crippen molar-refractivity contribution in [1.82, 2.24) is 4.90 Å². The maximum Gasteiger partial charge on any atom is 0.260 e. The van der Waals surface area contributed by atoms with Crippen molar-refractivity contribution >= 4 is 18.3 Å². The van der Waals surface area contributed by atoms with Crippen molar-refractivity contribution in [2.75, 3.05) is 19.7 Å². The molecule has 0 bridgehead atoms. The summed E-state index contributed by atoms with van der Waals surface area (Å²) in [5.74, 6) is 0.826. The summed E-state index contributed by atoms with van der Waals surface area (Å²) >= 11 is 0. The first-order valence-corrected chi connectivity index (χ1v) is 7.53. The van der Waals surface area contributed by atoms with Gasteiger partial charge in [-0.05, 0) is 42.9 Å². The van der Waals surface area contributed by atoms with E-state index in [0.29, 0.717) is 6.54 Å². The lowest BCUT2D eigenvalue weighted by Gasteiger charge is -2.42. The van der Waals surface area contributed by atoms with Gasteiger partial charge >= 0.3 is 0 Å². The SMILES string of the molecule is Cc1ccc(C)c(OCC(=O)N2CCC(N)C(C)(C)C2)c1.Cl. The number of nitrogens with two attached hydrogens (primary N) is 1. The largest absolute Gasteiger partial charge is 0.483 e. The second-order valence-electron chi connectivity index (χ2n) is 6.76. The lowest BCUT2D eigenvalue weighted by molar-refractivity contribution is -0.136. The van der Waals surface area contributed by atoms with Gasteiger partial charge < -0.3 is 15.4 Å². The Kier molecular flexibility index (Phi) is 6.27. The van der Waals surface area contributed by atoms with Crippen LogP contribution in [0, 0.1) is 19.3 Å². The Bertz CT molecular complexity index is 531. The van der Waals surface area contributed by atoms with Crippen molar-refractivity contribution in [2.45, 2.75) is 40.2 Å². The van der Waals surface area contributed by atoms with Crippen molar-refractivity contribution in [3.63, 3.8) is 0 Å². The van der Waals surface area contributed by atoms with Gasteiger partial charge in [0.25, 0.3) is 5.91 Å². The zero-order valence-corrected chi connectivity index (χ0v) is 14.7. The molecule has 4 nitrogen and oxygen atoms in total. The predicted octanol–water partition coefficient (Wildman–Crippen LogP) is 2.69. The minimum Gasteiger partial charge on any atom is -0.483 e. The number of hydrogen-bond donors (Lipinski definition) is 1. The van der Waals surface area contributed by atoms with E-state index in [1.807, 2.05) is 36.9 Å². The van der Waals surface area contributed by atoms with Gasteiger partial charge in [-0.25, -0.2) is 0 Å². The molecule has 5 heteroatoms. The Morgan fingerprint density at radius 3 is 2.73 bits per heavy atom. The van der Waals surface area contributed by atoms with Crippen LogP contribution in [0.25, 0.3) is 0 Å². The molecule has 1 amide bonds. The summed E-state index contributed by atoms with van der Waals surface area (Å²) in [5.41, 5.74) is 8.26. The van der Waals surface area contributed by atoms with E-state index in [4.69, 9.17) is 10.5 Å². The molecule has 1 aliphatic heterocycles. The number of amides is 1. The zero-order valence-electron chi connectivity index (χ0n) is 13.9. The normalized spacial score (nSPS) is 20.2. The third kappa shape index (κ3) is 4.37. The molecule has 1 aromatic carbocycles. The van der Waals surface area contributed by atoms with E-state index in [2.05, 4.69) is 13.8 Å². The van der Waals surface area contributed by atoms with Crippen LogP contribution in [0.2, 0.25) is 0 Å². The van der Waals surface area contributed by atoms with Crippen molar-refractivity contribution in [3.8, 4) is 5.75 Å². The first-order chi connectivity index (χ1) is 9.79. The van der Waals surface area contributed by atoms with Gasteiger partial charge in [-0.3, -0.25) is 4.79 Å². The molecule has 0 saturated carbocycles. The minimum atomic E-state index is -0.0346. The molecule has 124 valence electrons. The summed E-state index contributed by atoms with van der Waals surface area (Å²) in [5, 5.41) is 0. The molecule has 2 rings (SSSR count). The number of piperidine rings is 1. The zero-order chi connectivity index (χ0) is 15.6. The summed E-state index contributed by atoms with van der Waals surface area (Å²) in [6, 6.07) is 6.18. The molecule has 1 aromatic rings. The average Bonchev–Trinajstić information content (AvgIpc) is 2.42. The molecule has 0 spiro atoms. The first kappa shape index (κ1) is 18.8. The minimum absolute atomic E-state index is 0. The summed E-state index contributed by atoms with van der Waals surface area (Å²) in [4.78, 5) is 14.2. The van der Waals surface area contributed by atoms with Crippen LogP contribution in [0.15, 0.2) is 18.2 Å². The standard InChI is InChI=1S/C17H26N2O2.ClH/c1-12-5-6-13(2)14(9-12)21-10-16(20)19-8-7-15(18)17(3,4)11-19;/h5-6,9,15H,7-8,10-11,18H2,1-4H3;1H. The smallest absolute Gasteiger partial charge is 0.260 e. The Morgan fingerprint density at radius 1 is 1.41 bits per heavy atom. The molecule has 0 aromatic heterocycles. The third-order valence-corrected chi connectivity index (χ3v) is 4.36. The number of likely N-dealkylation sites (tertiary alicyclic amines) is 1. The van der Waals surface area contributed by atoms with Crippen LogP contribution in [-0.4, -0.2) is 36.5 Å². The summed E-state index contributed by atoms with van der Waals surface area (Å²) in [6.07, 6.45) is 0.849. The van der Waals surface area contributed by atoms with Crippen LogP contribution in [-0.2, 0) is 4.79 Å². The van der Waals surface area contributed by atoms with Crippen LogP contribution in [0.4, 0.5) is 0 Å². The molecule has 1 heterocycles. The van der Waals surface area contributed by atoms with Gasteiger partial charge in [-0.1, -0.05) is 26.0 Å². The first-order valence-electron chi connectivity index (χ1n) is 7.53. The molecule has 2 N–H and O–H groups in total. The Morgan fingerprint density at radius 2 is 2.09 bits per heavy atom. The number of carbonyl (C=O) groups is 1. The highest BCUT2D eigenvalue weighted by Crippen LogP contribution is 2.28. The summed E-state index contributed by atoms with van der Waals surface area (Å²) in [7, 11) is 0. The van der Waals surface area contributed by atoms with Gasteiger partial charge in [0.2, 0.25) is 0 Å². The van der Waals surface area contributed by atoms with E-state index in [-0.39, 0.29) is 36.4 Å². The number of nitrogens with zero attached hydrogens (tertiary/aromatic N) is 1. The fourth-order valence-corrected chi connectivity index (χ4v) is 2.68. The molecule has 1 fully saturated rings. The Balaban J connectivity index is 0.00000242.